The van der Waals surface area contributed by atoms with E-state index in [1.165, 1.54) is 81.1 Å². The molecule has 0 radical (unpaired) electrons. The fourth-order valence-corrected chi connectivity index (χ4v) is 8.53. The average Bonchev–Trinajstić information content (AvgIpc) is 3.71. The molecular weight excluding hydrogens is 546 g/mol. The fraction of sp³-hybridized carbons (Fsp3) is 0.286. The van der Waals surface area contributed by atoms with Gasteiger partial charge in [0.1, 0.15) is 0 Å². The maximum absolute atomic E-state index is 10.4. The molecular formula is C42H42N3+. The maximum Gasteiger partial charge on any atom is 0.210 e. The van der Waals surface area contributed by atoms with Gasteiger partial charge in [-0.05, 0) is 97.5 Å². The third kappa shape index (κ3) is 4.50. The smallest absolute Gasteiger partial charge is 0.210 e. The number of hydrogen-bond donors (Lipinski definition) is 0. The highest BCUT2D eigenvalue weighted by Gasteiger charge is 2.48. The molecule has 3 heteroatoms. The lowest BCUT2D eigenvalue weighted by Gasteiger charge is -2.28. The molecule has 2 aliphatic heterocycles. The molecule has 0 aromatic heterocycles. The predicted octanol–water partition coefficient (Wildman–Crippen LogP) is 10.2. The topological polar surface area (TPSA) is 30.0 Å². The van der Waals surface area contributed by atoms with Gasteiger partial charge in [-0.15, -0.1) is 6.58 Å². The van der Waals surface area contributed by atoms with Crippen LogP contribution >= 0.6 is 0 Å². The lowest BCUT2D eigenvalue weighted by Crippen LogP contribution is -2.31. The van der Waals surface area contributed by atoms with Crippen LogP contribution in [0, 0.1) is 11.3 Å². The summed E-state index contributed by atoms with van der Waals surface area (Å²) in [6.45, 7) is 11.1. The molecule has 1 unspecified atom stereocenters. The van der Waals surface area contributed by atoms with E-state index in [0.717, 1.165) is 6.42 Å². The molecule has 3 nitrogen and oxygen atoms in total. The Hall–Kier alpha value is -4.68. The zero-order valence-corrected chi connectivity index (χ0v) is 27.0. The van der Waals surface area contributed by atoms with E-state index in [-0.39, 0.29) is 10.8 Å². The van der Waals surface area contributed by atoms with Gasteiger partial charge in [0.05, 0.1) is 17.1 Å². The van der Waals surface area contributed by atoms with E-state index in [1.54, 1.807) is 0 Å². The van der Waals surface area contributed by atoms with Crippen LogP contribution in [0.2, 0.25) is 0 Å². The van der Waals surface area contributed by atoms with Gasteiger partial charge in [0, 0.05) is 54.4 Å². The Balaban J connectivity index is 1.31. The Morgan fingerprint density at radius 2 is 1.58 bits per heavy atom. The maximum atomic E-state index is 10.4. The van der Waals surface area contributed by atoms with Crippen LogP contribution in [-0.2, 0) is 10.8 Å². The Morgan fingerprint density at radius 1 is 0.933 bits per heavy atom. The molecule has 0 saturated heterocycles. The first-order chi connectivity index (χ1) is 21.8. The number of nitrogens with zero attached hydrogens (tertiary/aromatic N) is 3. The van der Waals surface area contributed by atoms with Crippen LogP contribution < -0.4 is 4.90 Å². The minimum absolute atomic E-state index is 0.189. The van der Waals surface area contributed by atoms with Crippen LogP contribution in [0.3, 0.4) is 0 Å². The monoisotopic (exact) mass is 588 g/mol. The van der Waals surface area contributed by atoms with Gasteiger partial charge in [0.2, 0.25) is 5.69 Å². The normalized spacial score (nSPS) is 22.2. The third-order valence-electron chi connectivity index (χ3n) is 10.7. The molecule has 1 fully saturated rings. The molecule has 3 aliphatic rings. The molecule has 7 rings (SSSR count). The summed E-state index contributed by atoms with van der Waals surface area (Å²) in [6.07, 6.45) is 16.2. The summed E-state index contributed by atoms with van der Waals surface area (Å²) in [5.41, 5.74) is 7.93. The number of benzene rings is 4. The highest BCUT2D eigenvalue weighted by molar-refractivity contribution is 6.08. The quantitative estimate of drug-likeness (QED) is 0.0971. The van der Waals surface area contributed by atoms with Crippen molar-refractivity contribution in [3.63, 3.8) is 0 Å². The van der Waals surface area contributed by atoms with Crippen LogP contribution in [0.1, 0.15) is 64.0 Å². The SMILES string of the molecule is C=CCC1(C)\C(=C/C=C(C#N)/C=C/C2=[N+](C3CCCC3)c3ccc4ccccc4c3C2(C)C)N(C)c2ccc3ccccc3c21. The van der Waals surface area contributed by atoms with Crippen molar-refractivity contribution in [2.24, 2.45) is 0 Å². The van der Waals surface area contributed by atoms with Crippen molar-refractivity contribution < 1.29 is 4.58 Å². The van der Waals surface area contributed by atoms with Gasteiger partial charge in [0.25, 0.3) is 0 Å². The highest BCUT2D eigenvalue weighted by atomic mass is 15.2. The number of fused-ring (bicyclic) bond motifs is 6. The van der Waals surface area contributed by atoms with Crippen molar-refractivity contribution in [3.8, 4) is 6.07 Å². The first-order valence-corrected chi connectivity index (χ1v) is 16.4. The highest BCUT2D eigenvalue weighted by Crippen LogP contribution is 2.52. The standard InChI is InChI=1S/C42H42N3/c1-6-27-42(4)38(44(5)35-23-21-31-14-8-12-18-34(31)40(35)42)26-20-29(28-43)19-25-37-41(2,3)39-33-17-11-7-13-30(33)22-24-36(39)45(37)32-15-9-10-16-32/h6-8,11-14,17-26,32H,1,9-10,15-16,27H2,2-5H3/q+1. The van der Waals surface area contributed by atoms with Gasteiger partial charge in [-0.25, -0.2) is 0 Å². The molecule has 224 valence electrons. The van der Waals surface area contributed by atoms with Crippen molar-refractivity contribution >= 4 is 38.6 Å². The van der Waals surface area contributed by atoms with E-state index < -0.39 is 0 Å². The van der Waals surface area contributed by atoms with Gasteiger partial charge in [-0.1, -0.05) is 60.7 Å². The summed E-state index contributed by atoms with van der Waals surface area (Å²) >= 11 is 0. The van der Waals surface area contributed by atoms with Crippen molar-refractivity contribution in [1.29, 1.82) is 5.26 Å². The second-order valence-electron chi connectivity index (χ2n) is 13.7. The van der Waals surface area contributed by atoms with E-state index in [1.807, 2.05) is 18.2 Å². The molecule has 4 aromatic rings. The van der Waals surface area contributed by atoms with Crippen LogP contribution in [-0.4, -0.2) is 23.4 Å². The van der Waals surface area contributed by atoms with E-state index in [2.05, 4.69) is 135 Å². The van der Waals surface area contributed by atoms with Gasteiger partial charge < -0.3 is 4.90 Å². The summed E-state index contributed by atoms with van der Waals surface area (Å²) < 4.78 is 2.60. The number of nitriles is 1. The van der Waals surface area contributed by atoms with Crippen molar-refractivity contribution in [2.75, 3.05) is 11.9 Å². The van der Waals surface area contributed by atoms with Gasteiger partial charge in [-0.3, -0.25) is 0 Å². The molecule has 0 bridgehead atoms. The van der Waals surface area contributed by atoms with Gasteiger partial charge >= 0.3 is 0 Å². The Labute approximate surface area is 267 Å². The van der Waals surface area contributed by atoms with E-state index in [4.69, 9.17) is 0 Å². The largest absolute Gasteiger partial charge is 0.347 e. The molecule has 4 aromatic carbocycles. The molecule has 2 heterocycles. The zero-order chi connectivity index (χ0) is 31.3. The molecule has 1 saturated carbocycles. The molecule has 1 atom stereocenters. The summed E-state index contributed by atoms with van der Waals surface area (Å²) in [7, 11) is 2.14. The lowest BCUT2D eigenvalue weighted by atomic mass is 9.76. The molecule has 0 amide bonds. The number of hydrogen-bond acceptors (Lipinski definition) is 2. The van der Waals surface area contributed by atoms with Crippen LogP contribution in [0.15, 0.2) is 121 Å². The zero-order valence-electron chi connectivity index (χ0n) is 27.0. The number of likely N-dealkylation sites (N-methyl/N-ethyl adjacent to an activating group) is 1. The second kappa shape index (κ2) is 11.0. The van der Waals surface area contributed by atoms with Crippen molar-refractivity contribution in [2.45, 2.75) is 69.7 Å². The second-order valence-corrected chi connectivity index (χ2v) is 13.7. The Bertz CT molecular complexity index is 2020. The molecule has 1 aliphatic carbocycles. The van der Waals surface area contributed by atoms with E-state index >= 15 is 0 Å². The summed E-state index contributed by atoms with van der Waals surface area (Å²) in [6, 6.07) is 29.4. The summed E-state index contributed by atoms with van der Waals surface area (Å²) in [5.74, 6) is 0. The van der Waals surface area contributed by atoms with Crippen LogP contribution in [0.25, 0.3) is 21.5 Å². The van der Waals surface area contributed by atoms with Crippen molar-refractivity contribution in [3.05, 3.63) is 132 Å². The average molecular weight is 589 g/mol. The first-order valence-electron chi connectivity index (χ1n) is 16.4. The number of allylic oxidation sites excluding steroid dienone is 7. The minimum atomic E-state index is -0.252. The fourth-order valence-electron chi connectivity index (χ4n) is 8.53. The number of anilines is 1. The van der Waals surface area contributed by atoms with E-state index in [9.17, 15) is 5.26 Å². The minimum Gasteiger partial charge on any atom is -0.347 e. The number of rotatable bonds is 6. The molecule has 45 heavy (non-hydrogen) atoms. The lowest BCUT2D eigenvalue weighted by molar-refractivity contribution is -0.480. The Kier molecular flexibility index (Phi) is 7.13. The van der Waals surface area contributed by atoms with Gasteiger partial charge in [-0.2, -0.15) is 9.84 Å². The van der Waals surface area contributed by atoms with Crippen LogP contribution in [0.5, 0.6) is 0 Å². The Morgan fingerprint density at radius 3 is 2.24 bits per heavy atom. The van der Waals surface area contributed by atoms with E-state index in [0.29, 0.717) is 11.6 Å². The summed E-state index contributed by atoms with van der Waals surface area (Å²) in [4.78, 5) is 2.29. The first kappa shape index (κ1) is 29.1. The van der Waals surface area contributed by atoms with Gasteiger partial charge in [0.15, 0.2) is 11.8 Å². The molecule has 0 N–H and O–H groups in total. The van der Waals surface area contributed by atoms with Crippen molar-refractivity contribution in [1.82, 2.24) is 0 Å². The summed E-state index contributed by atoms with van der Waals surface area (Å²) in [5, 5.41) is 15.5. The third-order valence-corrected chi connectivity index (χ3v) is 10.7. The molecule has 0 spiro atoms. The predicted molar refractivity (Wildman–Crippen MR) is 190 cm³/mol. The van der Waals surface area contributed by atoms with Crippen LogP contribution in [0.4, 0.5) is 11.4 Å².